The lowest BCUT2D eigenvalue weighted by molar-refractivity contribution is 0.256. The van der Waals surface area contributed by atoms with Gasteiger partial charge in [-0.3, -0.25) is 0 Å². The molecule has 0 aromatic heterocycles. The van der Waals surface area contributed by atoms with E-state index in [4.69, 9.17) is 7.98 Å². The van der Waals surface area contributed by atoms with Crippen molar-refractivity contribution in [2.45, 2.75) is 39.2 Å². The largest absolute Gasteiger partial charge is 0.352 e. The molecule has 0 atom stereocenters. The minimum atomic E-state index is 0.161. The molecule has 2 heteroatoms. The Balaban J connectivity index is 3.70. The molecule has 0 heterocycles. The lowest BCUT2D eigenvalue weighted by Crippen LogP contribution is -2.38. The van der Waals surface area contributed by atoms with Crippen molar-refractivity contribution in [3.8, 4) is 0 Å². The van der Waals surface area contributed by atoms with Crippen molar-refractivity contribution in [3.05, 3.63) is 0 Å². The first-order valence-electron chi connectivity index (χ1n) is 3.49. The highest BCUT2D eigenvalue weighted by Crippen LogP contribution is 2.15. The standard InChI is InChI=1S/C7H16BN/c1-5-6-7(2,3)9(4)8/h5-6H2,1-4H3. The van der Waals surface area contributed by atoms with Crippen molar-refractivity contribution < 1.29 is 0 Å². The SMILES string of the molecule is [B]N(C)C(C)(C)CCC. The van der Waals surface area contributed by atoms with Crippen LogP contribution in [0.5, 0.6) is 0 Å². The van der Waals surface area contributed by atoms with Crippen molar-refractivity contribution in [2.24, 2.45) is 0 Å². The maximum atomic E-state index is 5.59. The van der Waals surface area contributed by atoms with E-state index in [0.717, 1.165) is 6.42 Å². The zero-order valence-corrected chi connectivity index (χ0v) is 6.94. The zero-order chi connectivity index (χ0) is 7.49. The molecule has 52 valence electrons. The smallest absolute Gasteiger partial charge is 0.182 e. The topological polar surface area (TPSA) is 3.24 Å². The maximum Gasteiger partial charge on any atom is 0.182 e. The van der Waals surface area contributed by atoms with Gasteiger partial charge < -0.3 is 4.81 Å². The van der Waals surface area contributed by atoms with Crippen LogP contribution in [0.15, 0.2) is 0 Å². The van der Waals surface area contributed by atoms with Crippen LogP contribution in [0.25, 0.3) is 0 Å². The molecule has 0 saturated carbocycles. The summed E-state index contributed by atoms with van der Waals surface area (Å²) in [6.07, 6.45) is 2.34. The van der Waals surface area contributed by atoms with Crippen LogP contribution in [-0.4, -0.2) is 25.4 Å². The molecular formula is C7H16BN. The summed E-state index contributed by atoms with van der Waals surface area (Å²) in [6, 6.07) is 0. The fraction of sp³-hybridized carbons (Fsp3) is 1.00. The first kappa shape index (κ1) is 9.02. The number of hydrogen-bond acceptors (Lipinski definition) is 1. The summed E-state index contributed by atoms with van der Waals surface area (Å²) in [4.78, 5) is 1.77. The zero-order valence-electron chi connectivity index (χ0n) is 6.94. The lowest BCUT2D eigenvalue weighted by atomic mass is 9.94. The van der Waals surface area contributed by atoms with Crippen LogP contribution in [0.3, 0.4) is 0 Å². The third kappa shape index (κ3) is 2.90. The summed E-state index contributed by atoms with van der Waals surface area (Å²) in [5, 5.41) is 0. The third-order valence-electron chi connectivity index (χ3n) is 1.82. The van der Waals surface area contributed by atoms with Gasteiger partial charge in [0.2, 0.25) is 0 Å². The highest BCUT2D eigenvalue weighted by atomic mass is 15.1. The van der Waals surface area contributed by atoms with E-state index < -0.39 is 0 Å². The first-order chi connectivity index (χ1) is 4.00. The van der Waals surface area contributed by atoms with Crippen molar-refractivity contribution in [1.82, 2.24) is 4.81 Å². The Morgan fingerprint density at radius 1 is 1.44 bits per heavy atom. The Bertz CT molecular complexity index is 79.0. The quantitative estimate of drug-likeness (QED) is 0.517. The van der Waals surface area contributed by atoms with E-state index in [1.807, 2.05) is 7.05 Å². The molecule has 0 amide bonds. The Labute approximate surface area is 59.9 Å². The molecule has 0 bridgehead atoms. The van der Waals surface area contributed by atoms with E-state index in [-0.39, 0.29) is 5.54 Å². The van der Waals surface area contributed by atoms with E-state index in [2.05, 4.69) is 20.8 Å². The summed E-state index contributed by atoms with van der Waals surface area (Å²) in [5.74, 6) is 0. The van der Waals surface area contributed by atoms with Crippen LogP contribution in [0.1, 0.15) is 33.6 Å². The summed E-state index contributed by atoms with van der Waals surface area (Å²) >= 11 is 0. The average molecular weight is 125 g/mol. The second-order valence-corrected chi connectivity index (χ2v) is 3.17. The summed E-state index contributed by atoms with van der Waals surface area (Å²) in [6.45, 7) is 6.47. The van der Waals surface area contributed by atoms with E-state index in [9.17, 15) is 0 Å². The Morgan fingerprint density at radius 3 is 2.00 bits per heavy atom. The van der Waals surface area contributed by atoms with Gasteiger partial charge >= 0.3 is 0 Å². The van der Waals surface area contributed by atoms with Crippen LogP contribution in [0.2, 0.25) is 0 Å². The van der Waals surface area contributed by atoms with Crippen molar-refractivity contribution in [1.29, 1.82) is 0 Å². The van der Waals surface area contributed by atoms with Crippen LogP contribution in [0.4, 0.5) is 0 Å². The van der Waals surface area contributed by atoms with Crippen molar-refractivity contribution >= 4 is 7.98 Å². The lowest BCUT2D eigenvalue weighted by Gasteiger charge is -2.32. The first-order valence-corrected chi connectivity index (χ1v) is 3.49. The molecule has 0 aromatic rings. The van der Waals surface area contributed by atoms with Crippen molar-refractivity contribution in [2.75, 3.05) is 7.05 Å². The van der Waals surface area contributed by atoms with E-state index in [0.29, 0.717) is 0 Å². The molecule has 0 unspecified atom stereocenters. The molecule has 0 fully saturated rings. The Hall–Kier alpha value is 0.0249. The number of hydrogen-bond donors (Lipinski definition) is 0. The van der Waals surface area contributed by atoms with Gasteiger partial charge in [0.05, 0.1) is 0 Å². The molecule has 0 N–H and O–H groups in total. The third-order valence-corrected chi connectivity index (χ3v) is 1.82. The minimum Gasteiger partial charge on any atom is -0.352 e. The second kappa shape index (κ2) is 3.26. The molecule has 9 heavy (non-hydrogen) atoms. The molecular weight excluding hydrogens is 109 g/mol. The monoisotopic (exact) mass is 125 g/mol. The Kier molecular flexibility index (Phi) is 3.27. The molecule has 1 nitrogen and oxygen atoms in total. The summed E-state index contributed by atoms with van der Waals surface area (Å²) in [7, 11) is 7.50. The van der Waals surface area contributed by atoms with Crippen molar-refractivity contribution in [3.63, 3.8) is 0 Å². The predicted molar refractivity (Wildman–Crippen MR) is 42.5 cm³/mol. The van der Waals surface area contributed by atoms with Gasteiger partial charge in [-0.25, -0.2) is 0 Å². The summed E-state index contributed by atoms with van der Waals surface area (Å²) < 4.78 is 0. The van der Waals surface area contributed by atoms with Gasteiger partial charge in [0.25, 0.3) is 0 Å². The van der Waals surface area contributed by atoms with Crippen LogP contribution in [0, 0.1) is 0 Å². The molecule has 0 rings (SSSR count). The van der Waals surface area contributed by atoms with Gasteiger partial charge in [-0.2, -0.15) is 0 Å². The van der Waals surface area contributed by atoms with Gasteiger partial charge in [0.15, 0.2) is 7.98 Å². The van der Waals surface area contributed by atoms with E-state index in [1.165, 1.54) is 6.42 Å². The number of rotatable bonds is 3. The predicted octanol–water partition coefficient (Wildman–Crippen LogP) is 1.58. The number of nitrogens with zero attached hydrogens (tertiary/aromatic N) is 1. The van der Waals surface area contributed by atoms with Gasteiger partial charge in [-0.15, -0.1) is 0 Å². The van der Waals surface area contributed by atoms with Gasteiger partial charge in [-0.1, -0.05) is 13.3 Å². The fourth-order valence-electron chi connectivity index (χ4n) is 0.788. The molecule has 0 aromatic carbocycles. The Morgan fingerprint density at radius 2 is 1.89 bits per heavy atom. The van der Waals surface area contributed by atoms with Crippen LogP contribution in [-0.2, 0) is 0 Å². The highest BCUT2D eigenvalue weighted by Gasteiger charge is 2.17. The van der Waals surface area contributed by atoms with Gasteiger partial charge in [-0.05, 0) is 27.3 Å². The highest BCUT2D eigenvalue weighted by molar-refractivity contribution is 6.04. The van der Waals surface area contributed by atoms with E-state index >= 15 is 0 Å². The average Bonchev–Trinajstić information content (AvgIpc) is 1.65. The molecule has 0 spiro atoms. The van der Waals surface area contributed by atoms with Crippen LogP contribution < -0.4 is 0 Å². The molecule has 0 aliphatic rings. The molecule has 0 aliphatic carbocycles. The molecule has 2 radical (unpaired) electrons. The second-order valence-electron chi connectivity index (χ2n) is 3.17. The van der Waals surface area contributed by atoms with Gasteiger partial charge in [0, 0.05) is 5.54 Å². The van der Waals surface area contributed by atoms with Crippen LogP contribution >= 0.6 is 0 Å². The fourth-order valence-corrected chi connectivity index (χ4v) is 0.788. The molecule has 0 saturated heterocycles. The minimum absolute atomic E-state index is 0.161. The van der Waals surface area contributed by atoms with Gasteiger partial charge in [0.1, 0.15) is 0 Å². The normalized spacial score (nSPS) is 12.6. The summed E-state index contributed by atoms with van der Waals surface area (Å²) in [5.41, 5.74) is 0.161. The molecule has 0 aliphatic heterocycles. The van der Waals surface area contributed by atoms with E-state index in [1.54, 1.807) is 4.81 Å². The maximum absolute atomic E-state index is 5.59.